The van der Waals surface area contributed by atoms with Gasteiger partial charge < -0.3 is 0 Å². The standard InChI is InChI=1S/C7H2F13NO/c8-2(9,10)1-3(11,12)21-4(13,14)6(17,18)22-7(19,20)5(21,15)16/h1H2. The predicted octanol–water partition coefficient (Wildman–Crippen LogP) is 4.23. The molecular formula is C7H2F13NO. The van der Waals surface area contributed by atoms with E-state index in [0.717, 1.165) is 0 Å². The summed E-state index contributed by atoms with van der Waals surface area (Å²) in [7, 11) is 0. The molecule has 1 fully saturated rings. The number of rotatable bonds is 2. The van der Waals surface area contributed by atoms with Gasteiger partial charge >= 0.3 is 36.5 Å². The van der Waals surface area contributed by atoms with Crippen LogP contribution in [0.1, 0.15) is 6.42 Å². The Morgan fingerprint density at radius 1 is 0.682 bits per heavy atom. The van der Waals surface area contributed by atoms with Crippen LogP contribution in [0.5, 0.6) is 0 Å². The average molecular weight is 363 g/mol. The first-order valence-corrected chi connectivity index (χ1v) is 4.74. The SMILES string of the molecule is FC(F)(F)CC(F)(F)N1C(F)(F)C(F)(F)OC(F)(F)C1(F)F. The van der Waals surface area contributed by atoms with Crippen molar-refractivity contribution in [3.05, 3.63) is 0 Å². The van der Waals surface area contributed by atoms with E-state index in [2.05, 4.69) is 0 Å². The number of halogens is 13. The first-order valence-electron chi connectivity index (χ1n) is 4.74. The van der Waals surface area contributed by atoms with E-state index < -0.39 is 47.9 Å². The van der Waals surface area contributed by atoms with Crippen LogP contribution in [0.3, 0.4) is 0 Å². The van der Waals surface area contributed by atoms with E-state index in [4.69, 9.17) is 0 Å². The molecule has 22 heavy (non-hydrogen) atoms. The zero-order chi connectivity index (χ0) is 18.0. The highest BCUT2D eigenvalue weighted by atomic mass is 19.4. The van der Waals surface area contributed by atoms with E-state index >= 15 is 0 Å². The van der Waals surface area contributed by atoms with Crippen LogP contribution in [-0.4, -0.2) is 41.4 Å². The second kappa shape index (κ2) is 4.52. The molecule has 0 aromatic heterocycles. The lowest BCUT2D eigenvalue weighted by Crippen LogP contribution is -2.77. The number of ether oxygens (including phenoxy) is 1. The third-order valence-electron chi connectivity index (χ3n) is 2.26. The zero-order valence-electron chi connectivity index (χ0n) is 9.48. The Balaban J connectivity index is 3.50. The van der Waals surface area contributed by atoms with Crippen molar-refractivity contribution in [1.29, 1.82) is 0 Å². The van der Waals surface area contributed by atoms with Crippen LogP contribution in [0.15, 0.2) is 0 Å². The number of alkyl halides is 13. The van der Waals surface area contributed by atoms with Gasteiger partial charge in [0, 0.05) is 0 Å². The molecule has 1 heterocycles. The molecule has 0 unspecified atom stereocenters. The second-order valence-electron chi connectivity index (χ2n) is 4.01. The third-order valence-corrected chi connectivity index (χ3v) is 2.26. The Kier molecular flexibility index (Phi) is 3.91. The van der Waals surface area contributed by atoms with Gasteiger partial charge in [0.15, 0.2) is 0 Å². The van der Waals surface area contributed by atoms with Gasteiger partial charge in [-0.05, 0) is 0 Å². The highest BCUT2D eigenvalue weighted by Gasteiger charge is 2.87. The summed E-state index contributed by atoms with van der Waals surface area (Å²) >= 11 is 0. The summed E-state index contributed by atoms with van der Waals surface area (Å²) in [4.78, 5) is -3.48. The van der Waals surface area contributed by atoms with E-state index in [9.17, 15) is 57.1 Å². The van der Waals surface area contributed by atoms with Gasteiger partial charge in [-0.25, -0.2) is 4.74 Å². The first-order chi connectivity index (χ1) is 9.28. The van der Waals surface area contributed by atoms with E-state index in [1.54, 1.807) is 0 Å². The fourth-order valence-corrected chi connectivity index (χ4v) is 1.45. The van der Waals surface area contributed by atoms with Crippen molar-refractivity contribution in [2.45, 2.75) is 43.0 Å². The molecule has 0 spiro atoms. The van der Waals surface area contributed by atoms with Gasteiger partial charge in [-0.15, -0.1) is 4.90 Å². The molecule has 1 aliphatic rings. The molecule has 0 amide bonds. The molecule has 0 aliphatic carbocycles. The molecule has 0 bridgehead atoms. The molecule has 0 atom stereocenters. The molecule has 132 valence electrons. The summed E-state index contributed by atoms with van der Waals surface area (Å²) in [5.74, 6) is 0. The summed E-state index contributed by atoms with van der Waals surface area (Å²) in [6, 6.07) is -20.2. The topological polar surface area (TPSA) is 12.5 Å². The summed E-state index contributed by atoms with van der Waals surface area (Å²) < 4.78 is 165. The first kappa shape index (κ1) is 19.1. The van der Waals surface area contributed by atoms with Crippen molar-refractivity contribution < 1.29 is 61.8 Å². The monoisotopic (exact) mass is 363 g/mol. The molecule has 1 saturated heterocycles. The molecule has 15 heteroatoms. The normalized spacial score (nSPS) is 27.7. The lowest BCUT2D eigenvalue weighted by atomic mass is 10.2. The maximum absolute atomic E-state index is 13.0. The fourth-order valence-electron chi connectivity index (χ4n) is 1.45. The van der Waals surface area contributed by atoms with E-state index in [1.165, 1.54) is 0 Å². The van der Waals surface area contributed by atoms with Crippen molar-refractivity contribution in [2.24, 2.45) is 0 Å². The Morgan fingerprint density at radius 3 is 1.27 bits per heavy atom. The summed E-state index contributed by atoms with van der Waals surface area (Å²) in [5.41, 5.74) is 0. The molecule has 0 aromatic carbocycles. The van der Waals surface area contributed by atoms with Crippen molar-refractivity contribution in [3.8, 4) is 0 Å². The summed E-state index contributed by atoms with van der Waals surface area (Å²) in [6.07, 6.45) is -23.2. The van der Waals surface area contributed by atoms with Crippen molar-refractivity contribution in [3.63, 3.8) is 0 Å². The molecule has 0 aromatic rings. The minimum absolute atomic E-state index is 1.82. The van der Waals surface area contributed by atoms with E-state index in [1.807, 2.05) is 4.74 Å². The van der Waals surface area contributed by atoms with Gasteiger partial charge in [0.2, 0.25) is 0 Å². The highest BCUT2D eigenvalue weighted by Crippen LogP contribution is 2.59. The van der Waals surface area contributed by atoms with E-state index in [-0.39, 0.29) is 0 Å². The minimum Gasteiger partial charge on any atom is -0.243 e. The molecule has 0 radical (unpaired) electrons. The largest absolute Gasteiger partial charge is 0.439 e. The predicted molar refractivity (Wildman–Crippen MR) is 38.3 cm³/mol. The Bertz CT molecular complexity index is 414. The molecule has 1 aliphatic heterocycles. The Morgan fingerprint density at radius 2 is 1.00 bits per heavy atom. The number of hydrogen-bond donors (Lipinski definition) is 0. The van der Waals surface area contributed by atoms with Crippen molar-refractivity contribution >= 4 is 0 Å². The van der Waals surface area contributed by atoms with Crippen LogP contribution in [0.2, 0.25) is 0 Å². The molecule has 2 nitrogen and oxygen atoms in total. The maximum atomic E-state index is 13.0. The van der Waals surface area contributed by atoms with Crippen molar-refractivity contribution in [2.75, 3.05) is 0 Å². The Hall–Kier alpha value is -0.990. The number of morpholine rings is 1. The zero-order valence-corrected chi connectivity index (χ0v) is 9.48. The van der Waals surface area contributed by atoms with Gasteiger partial charge in [0.1, 0.15) is 6.42 Å². The maximum Gasteiger partial charge on any atom is 0.439 e. The van der Waals surface area contributed by atoms with Gasteiger partial charge in [-0.2, -0.15) is 57.1 Å². The average Bonchev–Trinajstić information content (AvgIpc) is 2.06. The fraction of sp³-hybridized carbons (Fsp3) is 1.00. The molecule has 0 N–H and O–H groups in total. The lowest BCUT2D eigenvalue weighted by Gasteiger charge is -2.49. The minimum atomic E-state index is -6.87. The smallest absolute Gasteiger partial charge is 0.243 e. The lowest BCUT2D eigenvalue weighted by molar-refractivity contribution is -0.587. The molecule has 1 rings (SSSR count). The summed E-state index contributed by atoms with van der Waals surface area (Å²) in [6.45, 7) is 0. The third kappa shape index (κ3) is 2.79. The molecular weight excluding hydrogens is 361 g/mol. The molecule has 0 saturated carbocycles. The number of hydrogen-bond acceptors (Lipinski definition) is 2. The number of nitrogens with zero attached hydrogens (tertiary/aromatic N) is 1. The quantitative estimate of drug-likeness (QED) is 0.538. The van der Waals surface area contributed by atoms with Crippen LogP contribution in [0.25, 0.3) is 0 Å². The van der Waals surface area contributed by atoms with Crippen LogP contribution >= 0.6 is 0 Å². The van der Waals surface area contributed by atoms with Gasteiger partial charge in [0.05, 0.1) is 0 Å². The van der Waals surface area contributed by atoms with Crippen LogP contribution < -0.4 is 0 Å². The Labute approximate surface area is 111 Å². The van der Waals surface area contributed by atoms with Gasteiger partial charge in [-0.3, -0.25) is 0 Å². The van der Waals surface area contributed by atoms with Crippen LogP contribution in [0.4, 0.5) is 57.1 Å². The van der Waals surface area contributed by atoms with Gasteiger partial charge in [0.25, 0.3) is 0 Å². The second-order valence-corrected chi connectivity index (χ2v) is 4.01. The van der Waals surface area contributed by atoms with Crippen molar-refractivity contribution in [1.82, 2.24) is 4.90 Å². The van der Waals surface area contributed by atoms with E-state index in [0.29, 0.717) is 0 Å². The summed E-state index contributed by atoms with van der Waals surface area (Å²) in [5, 5.41) is 0. The van der Waals surface area contributed by atoms with Crippen LogP contribution in [0, 0.1) is 0 Å². The van der Waals surface area contributed by atoms with Gasteiger partial charge in [-0.1, -0.05) is 0 Å². The van der Waals surface area contributed by atoms with Crippen LogP contribution in [-0.2, 0) is 4.74 Å². The highest BCUT2D eigenvalue weighted by molar-refractivity contribution is 4.98.